The molecule has 0 bridgehead atoms. The van der Waals surface area contributed by atoms with Gasteiger partial charge in [-0.25, -0.2) is 0 Å². The lowest BCUT2D eigenvalue weighted by Crippen LogP contribution is -2.43. The van der Waals surface area contributed by atoms with E-state index in [-0.39, 0.29) is 11.8 Å². The predicted molar refractivity (Wildman–Crippen MR) is 68.1 cm³/mol. The smallest absolute Gasteiger partial charge is 0.307 e. The molecule has 0 heterocycles. The van der Waals surface area contributed by atoms with E-state index in [1.165, 1.54) is 0 Å². The molecule has 0 aromatic heterocycles. The summed E-state index contributed by atoms with van der Waals surface area (Å²) in [6.07, 6.45) is 6.49. The van der Waals surface area contributed by atoms with E-state index in [0.717, 1.165) is 45.1 Å². The molecule has 1 amide bonds. The van der Waals surface area contributed by atoms with Crippen LogP contribution >= 0.6 is 0 Å². The standard InChI is InChI=1S/C14H23NO3/c1-2-9-15(10-7-8-10)13(16)11-5-3-4-6-12(11)14(17)18/h10-12H,2-9H2,1H3,(H,17,18). The summed E-state index contributed by atoms with van der Waals surface area (Å²) in [4.78, 5) is 25.8. The molecule has 102 valence electrons. The van der Waals surface area contributed by atoms with Crippen molar-refractivity contribution in [3.8, 4) is 0 Å². The minimum atomic E-state index is -0.791. The van der Waals surface area contributed by atoms with Gasteiger partial charge in [-0.15, -0.1) is 0 Å². The number of hydrogen-bond donors (Lipinski definition) is 1. The van der Waals surface area contributed by atoms with Gasteiger partial charge in [0.15, 0.2) is 0 Å². The highest BCUT2D eigenvalue weighted by atomic mass is 16.4. The number of carboxylic acid groups (broad SMARTS) is 1. The molecule has 2 atom stereocenters. The molecule has 0 aromatic carbocycles. The fraction of sp³-hybridized carbons (Fsp3) is 0.857. The monoisotopic (exact) mass is 253 g/mol. The zero-order chi connectivity index (χ0) is 13.1. The van der Waals surface area contributed by atoms with Crippen molar-refractivity contribution in [2.24, 2.45) is 11.8 Å². The molecule has 0 aliphatic heterocycles. The number of aliphatic carboxylic acids is 1. The molecule has 2 rings (SSSR count). The maximum Gasteiger partial charge on any atom is 0.307 e. The van der Waals surface area contributed by atoms with Crippen molar-refractivity contribution in [1.29, 1.82) is 0 Å². The molecule has 18 heavy (non-hydrogen) atoms. The number of carbonyl (C=O) groups is 2. The van der Waals surface area contributed by atoms with Gasteiger partial charge in [0, 0.05) is 12.6 Å². The quantitative estimate of drug-likeness (QED) is 0.817. The lowest BCUT2D eigenvalue weighted by atomic mass is 9.78. The van der Waals surface area contributed by atoms with Crippen LogP contribution in [0.5, 0.6) is 0 Å². The third kappa shape index (κ3) is 2.85. The third-order valence-electron chi connectivity index (χ3n) is 4.14. The van der Waals surface area contributed by atoms with Gasteiger partial charge in [-0.1, -0.05) is 19.8 Å². The molecule has 0 radical (unpaired) electrons. The molecule has 2 saturated carbocycles. The van der Waals surface area contributed by atoms with Gasteiger partial charge in [0.25, 0.3) is 0 Å². The molecule has 2 aliphatic carbocycles. The maximum atomic E-state index is 12.5. The Labute approximate surface area is 108 Å². The summed E-state index contributed by atoms with van der Waals surface area (Å²) in [6, 6.07) is 0.397. The van der Waals surface area contributed by atoms with Crippen LogP contribution in [0.25, 0.3) is 0 Å². The van der Waals surface area contributed by atoms with Crippen molar-refractivity contribution in [3.63, 3.8) is 0 Å². The Bertz CT molecular complexity index is 325. The van der Waals surface area contributed by atoms with Gasteiger partial charge in [0.1, 0.15) is 0 Å². The summed E-state index contributed by atoms with van der Waals surface area (Å²) in [6.45, 7) is 2.85. The first-order chi connectivity index (χ1) is 8.65. The molecular weight excluding hydrogens is 230 g/mol. The van der Waals surface area contributed by atoms with Gasteiger partial charge in [0.2, 0.25) is 5.91 Å². The van der Waals surface area contributed by atoms with E-state index in [1.54, 1.807) is 0 Å². The number of rotatable bonds is 5. The summed E-state index contributed by atoms with van der Waals surface area (Å²) in [5.74, 6) is -1.42. The summed E-state index contributed by atoms with van der Waals surface area (Å²) < 4.78 is 0. The highest BCUT2D eigenvalue weighted by Crippen LogP contribution is 2.35. The van der Waals surface area contributed by atoms with Crippen LogP contribution in [-0.4, -0.2) is 34.5 Å². The van der Waals surface area contributed by atoms with Crippen molar-refractivity contribution in [2.45, 2.75) is 57.9 Å². The summed E-state index contributed by atoms with van der Waals surface area (Å²) in [5, 5.41) is 9.25. The average Bonchev–Trinajstić information content (AvgIpc) is 3.19. The minimum absolute atomic E-state index is 0.103. The lowest BCUT2D eigenvalue weighted by molar-refractivity contribution is -0.152. The highest BCUT2D eigenvalue weighted by Gasteiger charge is 2.41. The molecule has 0 saturated heterocycles. The van der Waals surface area contributed by atoms with Gasteiger partial charge in [0.05, 0.1) is 11.8 Å². The Kier molecular flexibility index (Phi) is 4.25. The summed E-state index contributed by atoms with van der Waals surface area (Å²) in [5.41, 5.74) is 0. The molecule has 2 fully saturated rings. The number of nitrogens with zero attached hydrogens (tertiary/aromatic N) is 1. The van der Waals surface area contributed by atoms with Crippen LogP contribution in [0, 0.1) is 11.8 Å². The van der Waals surface area contributed by atoms with Crippen molar-refractivity contribution >= 4 is 11.9 Å². The normalized spacial score (nSPS) is 27.8. The van der Waals surface area contributed by atoms with E-state index in [0.29, 0.717) is 12.5 Å². The first kappa shape index (κ1) is 13.4. The molecule has 4 nitrogen and oxygen atoms in total. The van der Waals surface area contributed by atoms with Crippen molar-refractivity contribution in [1.82, 2.24) is 4.90 Å². The van der Waals surface area contributed by atoms with Crippen LogP contribution in [-0.2, 0) is 9.59 Å². The maximum absolute atomic E-state index is 12.5. The van der Waals surface area contributed by atoms with E-state index in [2.05, 4.69) is 6.92 Å². The summed E-state index contributed by atoms with van der Waals surface area (Å²) >= 11 is 0. The minimum Gasteiger partial charge on any atom is -0.481 e. The topological polar surface area (TPSA) is 57.6 Å². The molecule has 2 unspecified atom stereocenters. The Balaban J connectivity index is 2.06. The van der Waals surface area contributed by atoms with E-state index >= 15 is 0 Å². The fourth-order valence-corrected chi connectivity index (χ4v) is 3.03. The van der Waals surface area contributed by atoms with Crippen LogP contribution < -0.4 is 0 Å². The average molecular weight is 253 g/mol. The van der Waals surface area contributed by atoms with Gasteiger partial charge in [-0.2, -0.15) is 0 Å². The van der Waals surface area contributed by atoms with Crippen LogP contribution in [0.15, 0.2) is 0 Å². The van der Waals surface area contributed by atoms with Crippen LogP contribution in [0.1, 0.15) is 51.9 Å². The van der Waals surface area contributed by atoms with Gasteiger partial charge in [-0.05, 0) is 32.1 Å². The predicted octanol–water partition coefficient (Wildman–Crippen LogP) is 2.28. The molecule has 0 aromatic rings. The van der Waals surface area contributed by atoms with Crippen LogP contribution in [0.4, 0.5) is 0 Å². The zero-order valence-electron chi connectivity index (χ0n) is 11.1. The zero-order valence-corrected chi connectivity index (χ0v) is 11.1. The van der Waals surface area contributed by atoms with Gasteiger partial charge < -0.3 is 10.0 Å². The van der Waals surface area contributed by atoms with E-state index in [4.69, 9.17) is 0 Å². The second kappa shape index (κ2) is 5.72. The van der Waals surface area contributed by atoms with Crippen molar-refractivity contribution in [3.05, 3.63) is 0 Å². The first-order valence-electron chi connectivity index (χ1n) is 7.18. The van der Waals surface area contributed by atoms with Gasteiger partial charge >= 0.3 is 5.97 Å². The molecule has 1 N–H and O–H groups in total. The SMILES string of the molecule is CCCN(C(=O)C1CCCCC1C(=O)O)C1CC1. The number of amides is 1. The van der Waals surface area contributed by atoms with Crippen molar-refractivity contribution < 1.29 is 14.7 Å². The molecule has 0 spiro atoms. The Morgan fingerprint density at radius 2 is 1.72 bits per heavy atom. The number of carboxylic acids is 1. The Morgan fingerprint density at radius 1 is 1.11 bits per heavy atom. The lowest BCUT2D eigenvalue weighted by Gasteiger charge is -2.32. The highest BCUT2D eigenvalue weighted by molar-refractivity contribution is 5.85. The van der Waals surface area contributed by atoms with Gasteiger partial charge in [-0.3, -0.25) is 9.59 Å². The van der Waals surface area contributed by atoms with E-state index in [1.807, 2.05) is 4.90 Å². The fourth-order valence-electron chi connectivity index (χ4n) is 3.03. The van der Waals surface area contributed by atoms with E-state index in [9.17, 15) is 14.7 Å². The Morgan fingerprint density at radius 3 is 2.22 bits per heavy atom. The van der Waals surface area contributed by atoms with E-state index < -0.39 is 11.9 Å². The summed E-state index contributed by atoms with van der Waals surface area (Å²) in [7, 11) is 0. The molecule has 4 heteroatoms. The Hall–Kier alpha value is -1.06. The number of hydrogen-bond acceptors (Lipinski definition) is 2. The van der Waals surface area contributed by atoms with Crippen LogP contribution in [0.3, 0.4) is 0 Å². The second-order valence-electron chi connectivity index (χ2n) is 5.60. The molecular formula is C14H23NO3. The molecule has 2 aliphatic rings. The third-order valence-corrected chi connectivity index (χ3v) is 4.14. The number of carbonyl (C=O) groups excluding carboxylic acids is 1. The first-order valence-corrected chi connectivity index (χ1v) is 7.18. The van der Waals surface area contributed by atoms with Crippen molar-refractivity contribution in [2.75, 3.05) is 6.54 Å². The van der Waals surface area contributed by atoms with Crippen LogP contribution in [0.2, 0.25) is 0 Å². The largest absolute Gasteiger partial charge is 0.481 e. The second-order valence-corrected chi connectivity index (χ2v) is 5.60.